The monoisotopic (exact) mass is 275 g/mol. The van der Waals surface area contributed by atoms with E-state index in [4.69, 9.17) is 0 Å². The zero-order valence-corrected chi connectivity index (χ0v) is 12.4. The van der Waals surface area contributed by atoms with Crippen molar-refractivity contribution < 1.29 is 5.11 Å². The van der Waals surface area contributed by atoms with Crippen LogP contribution in [0.1, 0.15) is 36.9 Å². The fourth-order valence-electron chi connectivity index (χ4n) is 3.56. The Morgan fingerprint density at radius 3 is 2.50 bits per heavy atom. The predicted octanol–water partition coefficient (Wildman–Crippen LogP) is 1.95. The van der Waals surface area contributed by atoms with Gasteiger partial charge in [-0.3, -0.25) is 4.90 Å². The van der Waals surface area contributed by atoms with E-state index in [9.17, 15) is 5.11 Å². The molecule has 0 spiro atoms. The van der Waals surface area contributed by atoms with Crippen molar-refractivity contribution in [3.63, 3.8) is 0 Å². The van der Waals surface area contributed by atoms with Crippen LogP contribution >= 0.6 is 0 Å². The standard InChI is InChI=1S/C16H25N3O/c1-13-10-14(12-20)11-16(17-13)19-8-6-18(7-9-19)15-4-2-3-5-15/h10-11,15,20H,2-9,12H2,1H3. The van der Waals surface area contributed by atoms with Gasteiger partial charge in [0.25, 0.3) is 0 Å². The molecule has 4 heteroatoms. The van der Waals surface area contributed by atoms with Crippen LogP contribution in [0.2, 0.25) is 0 Å². The third kappa shape index (κ3) is 2.96. The topological polar surface area (TPSA) is 39.6 Å². The Morgan fingerprint density at radius 1 is 1.15 bits per heavy atom. The van der Waals surface area contributed by atoms with Crippen molar-refractivity contribution in [2.45, 2.75) is 45.3 Å². The van der Waals surface area contributed by atoms with Crippen molar-refractivity contribution in [2.75, 3.05) is 31.1 Å². The molecule has 0 radical (unpaired) electrons. The molecule has 1 aliphatic carbocycles. The summed E-state index contributed by atoms with van der Waals surface area (Å²) in [4.78, 5) is 9.64. The summed E-state index contributed by atoms with van der Waals surface area (Å²) < 4.78 is 0. The number of anilines is 1. The van der Waals surface area contributed by atoms with Gasteiger partial charge in [-0.25, -0.2) is 4.98 Å². The van der Waals surface area contributed by atoms with Gasteiger partial charge in [0.05, 0.1) is 6.61 Å². The molecule has 3 rings (SSSR count). The first-order chi connectivity index (χ1) is 9.76. The molecule has 1 saturated carbocycles. The van der Waals surface area contributed by atoms with E-state index in [-0.39, 0.29) is 6.61 Å². The molecule has 0 bridgehead atoms. The second-order valence-electron chi connectivity index (χ2n) is 6.09. The average Bonchev–Trinajstić information content (AvgIpc) is 3.01. The van der Waals surface area contributed by atoms with Gasteiger partial charge in [-0.2, -0.15) is 0 Å². The Balaban J connectivity index is 1.64. The van der Waals surface area contributed by atoms with E-state index in [0.29, 0.717) is 0 Å². The number of hydrogen-bond acceptors (Lipinski definition) is 4. The minimum atomic E-state index is 0.0956. The highest BCUT2D eigenvalue weighted by molar-refractivity contribution is 5.43. The van der Waals surface area contributed by atoms with Crippen LogP contribution in [0.3, 0.4) is 0 Å². The SMILES string of the molecule is Cc1cc(CO)cc(N2CCN(C3CCCC3)CC2)n1. The van der Waals surface area contributed by atoms with Gasteiger partial charge < -0.3 is 10.0 Å². The highest BCUT2D eigenvalue weighted by Gasteiger charge is 2.26. The Labute approximate surface area is 121 Å². The summed E-state index contributed by atoms with van der Waals surface area (Å²) in [5.74, 6) is 1.03. The lowest BCUT2D eigenvalue weighted by molar-refractivity contribution is 0.187. The summed E-state index contributed by atoms with van der Waals surface area (Å²) in [5.41, 5.74) is 1.95. The molecule has 4 nitrogen and oxygen atoms in total. The number of aliphatic hydroxyl groups is 1. The summed E-state index contributed by atoms with van der Waals surface area (Å²) in [6, 6.07) is 4.81. The first kappa shape index (κ1) is 13.8. The Morgan fingerprint density at radius 2 is 1.85 bits per heavy atom. The number of aryl methyl sites for hydroxylation is 1. The van der Waals surface area contributed by atoms with E-state index < -0.39 is 0 Å². The Hall–Kier alpha value is -1.13. The summed E-state index contributed by atoms with van der Waals surface area (Å²) in [5, 5.41) is 9.32. The molecular weight excluding hydrogens is 250 g/mol. The molecule has 1 aromatic rings. The van der Waals surface area contributed by atoms with Crippen molar-refractivity contribution >= 4 is 5.82 Å². The smallest absolute Gasteiger partial charge is 0.129 e. The zero-order valence-electron chi connectivity index (χ0n) is 12.4. The molecule has 2 heterocycles. The van der Waals surface area contributed by atoms with Gasteiger partial charge in [0, 0.05) is 37.9 Å². The van der Waals surface area contributed by atoms with Crippen LogP contribution in [-0.4, -0.2) is 47.2 Å². The molecule has 110 valence electrons. The minimum absolute atomic E-state index is 0.0956. The molecule has 20 heavy (non-hydrogen) atoms. The van der Waals surface area contributed by atoms with Gasteiger partial charge in [-0.05, 0) is 37.5 Å². The zero-order chi connectivity index (χ0) is 13.9. The molecule has 2 fully saturated rings. The van der Waals surface area contributed by atoms with Crippen LogP contribution < -0.4 is 4.90 Å². The largest absolute Gasteiger partial charge is 0.392 e. The molecule has 0 aromatic carbocycles. The summed E-state index contributed by atoms with van der Waals surface area (Å²) >= 11 is 0. The lowest BCUT2D eigenvalue weighted by Gasteiger charge is -2.38. The Kier molecular flexibility index (Phi) is 4.22. The second-order valence-corrected chi connectivity index (χ2v) is 6.09. The van der Waals surface area contributed by atoms with Gasteiger partial charge in [-0.15, -0.1) is 0 Å². The van der Waals surface area contributed by atoms with E-state index in [1.165, 1.54) is 25.7 Å². The average molecular weight is 275 g/mol. The summed E-state index contributed by atoms with van der Waals surface area (Å²) in [6.07, 6.45) is 5.59. The third-order valence-corrected chi connectivity index (χ3v) is 4.66. The van der Waals surface area contributed by atoms with Crippen LogP contribution in [-0.2, 0) is 6.61 Å². The number of aromatic nitrogens is 1. The number of nitrogens with zero attached hydrogens (tertiary/aromatic N) is 3. The van der Waals surface area contributed by atoms with Gasteiger partial charge in [0.1, 0.15) is 5.82 Å². The number of hydrogen-bond donors (Lipinski definition) is 1. The van der Waals surface area contributed by atoms with Crippen molar-refractivity contribution in [1.82, 2.24) is 9.88 Å². The van der Waals surface area contributed by atoms with Crippen molar-refractivity contribution in [2.24, 2.45) is 0 Å². The molecule has 1 N–H and O–H groups in total. The summed E-state index contributed by atoms with van der Waals surface area (Å²) in [6.45, 7) is 6.50. The van der Waals surface area contributed by atoms with Gasteiger partial charge in [0.15, 0.2) is 0 Å². The predicted molar refractivity (Wildman–Crippen MR) is 80.9 cm³/mol. The highest BCUT2D eigenvalue weighted by atomic mass is 16.3. The van der Waals surface area contributed by atoms with Crippen molar-refractivity contribution in [3.05, 3.63) is 23.4 Å². The molecule has 1 aromatic heterocycles. The fraction of sp³-hybridized carbons (Fsp3) is 0.688. The normalized spacial score (nSPS) is 21.6. The quantitative estimate of drug-likeness (QED) is 0.915. The number of aliphatic hydroxyl groups excluding tert-OH is 1. The van der Waals surface area contributed by atoms with E-state index in [1.807, 2.05) is 19.1 Å². The molecule has 1 aliphatic heterocycles. The lowest BCUT2D eigenvalue weighted by Crippen LogP contribution is -2.50. The molecule has 0 amide bonds. The van der Waals surface area contributed by atoms with Crippen molar-refractivity contribution in [1.29, 1.82) is 0 Å². The summed E-state index contributed by atoms with van der Waals surface area (Å²) in [7, 11) is 0. The van der Waals surface area contributed by atoms with E-state index in [2.05, 4.69) is 14.8 Å². The molecule has 2 aliphatic rings. The first-order valence-corrected chi connectivity index (χ1v) is 7.83. The second kappa shape index (κ2) is 6.10. The van der Waals surface area contributed by atoms with Crippen LogP contribution in [0.5, 0.6) is 0 Å². The fourth-order valence-corrected chi connectivity index (χ4v) is 3.56. The van der Waals surface area contributed by atoms with Gasteiger partial charge >= 0.3 is 0 Å². The minimum Gasteiger partial charge on any atom is -0.392 e. The van der Waals surface area contributed by atoms with E-state index in [0.717, 1.165) is 49.3 Å². The first-order valence-electron chi connectivity index (χ1n) is 7.83. The molecule has 1 saturated heterocycles. The van der Waals surface area contributed by atoms with Crippen molar-refractivity contribution in [3.8, 4) is 0 Å². The number of pyridine rings is 1. The maximum Gasteiger partial charge on any atom is 0.129 e. The van der Waals surface area contributed by atoms with Crippen LogP contribution in [0.25, 0.3) is 0 Å². The van der Waals surface area contributed by atoms with Crippen LogP contribution in [0.15, 0.2) is 12.1 Å². The third-order valence-electron chi connectivity index (χ3n) is 4.66. The van der Waals surface area contributed by atoms with Gasteiger partial charge in [0.2, 0.25) is 0 Å². The van der Waals surface area contributed by atoms with E-state index in [1.54, 1.807) is 0 Å². The highest BCUT2D eigenvalue weighted by Crippen LogP contribution is 2.25. The van der Waals surface area contributed by atoms with Crippen LogP contribution in [0.4, 0.5) is 5.82 Å². The van der Waals surface area contributed by atoms with Gasteiger partial charge in [-0.1, -0.05) is 12.8 Å². The maximum atomic E-state index is 9.32. The number of rotatable bonds is 3. The molecular formula is C16H25N3O. The number of piperazine rings is 1. The van der Waals surface area contributed by atoms with E-state index >= 15 is 0 Å². The molecule has 0 atom stereocenters. The maximum absolute atomic E-state index is 9.32. The molecule has 0 unspecified atom stereocenters. The van der Waals surface area contributed by atoms with Crippen LogP contribution in [0, 0.1) is 6.92 Å². The lowest BCUT2D eigenvalue weighted by atomic mass is 10.1. The Bertz CT molecular complexity index is 449.